The number of hydrogen-bond acceptors (Lipinski definition) is 4. The normalized spacial score (nSPS) is 19.3. The first kappa shape index (κ1) is 18.2. The number of likely N-dealkylation sites (tertiary alicyclic amines) is 1. The second kappa shape index (κ2) is 7.76. The Hall–Kier alpha value is -2.57. The van der Waals surface area contributed by atoms with E-state index in [-0.39, 0.29) is 13.0 Å². The summed E-state index contributed by atoms with van der Waals surface area (Å²) >= 11 is 6.21. The van der Waals surface area contributed by atoms with Crippen LogP contribution in [0.4, 0.5) is 10.5 Å². The van der Waals surface area contributed by atoms with E-state index >= 15 is 0 Å². The molecule has 0 bridgehead atoms. The molecule has 1 aliphatic rings. The average Bonchev–Trinajstić information content (AvgIpc) is 3.02. The first-order chi connectivity index (χ1) is 12.5. The highest BCUT2D eigenvalue weighted by atomic mass is 35.5. The molecule has 0 unspecified atom stereocenters. The Morgan fingerprint density at radius 1 is 1.19 bits per heavy atom. The van der Waals surface area contributed by atoms with Crippen LogP contribution in [0.5, 0.6) is 5.75 Å². The van der Waals surface area contributed by atoms with Crippen molar-refractivity contribution in [3.8, 4) is 5.75 Å². The van der Waals surface area contributed by atoms with Gasteiger partial charge in [0.05, 0.1) is 23.4 Å². The van der Waals surface area contributed by atoms with Crippen molar-refractivity contribution in [2.45, 2.75) is 25.5 Å². The van der Waals surface area contributed by atoms with Gasteiger partial charge >= 0.3 is 6.09 Å². The molecule has 2 N–H and O–H groups in total. The summed E-state index contributed by atoms with van der Waals surface area (Å²) < 4.78 is 5.29. The summed E-state index contributed by atoms with van der Waals surface area (Å²) in [6.45, 7) is 1.87. The maximum absolute atomic E-state index is 12.7. The average molecular weight is 375 g/mol. The van der Waals surface area contributed by atoms with E-state index < -0.39 is 24.1 Å². The fourth-order valence-electron chi connectivity index (χ4n) is 2.87. The number of para-hydroxylation sites is 1. The lowest BCUT2D eigenvalue weighted by Crippen LogP contribution is -2.44. The number of nitrogens with zero attached hydrogens (tertiary/aromatic N) is 1. The van der Waals surface area contributed by atoms with Crippen molar-refractivity contribution in [1.29, 1.82) is 0 Å². The topological polar surface area (TPSA) is 78.9 Å². The van der Waals surface area contributed by atoms with E-state index in [1.165, 1.54) is 4.90 Å². The molecule has 0 aromatic heterocycles. The highest BCUT2D eigenvalue weighted by Crippen LogP contribution is 2.27. The molecule has 2 amide bonds. The molecule has 136 valence electrons. The largest absolute Gasteiger partial charge is 0.416 e. The second-order valence-corrected chi connectivity index (χ2v) is 6.54. The van der Waals surface area contributed by atoms with Gasteiger partial charge in [0.1, 0.15) is 11.8 Å². The van der Waals surface area contributed by atoms with Gasteiger partial charge in [0.15, 0.2) is 0 Å². The van der Waals surface area contributed by atoms with Gasteiger partial charge in [-0.05, 0) is 30.7 Å². The van der Waals surface area contributed by atoms with Crippen LogP contribution in [0.3, 0.4) is 0 Å². The monoisotopic (exact) mass is 374 g/mol. The molecule has 1 heterocycles. The van der Waals surface area contributed by atoms with E-state index in [2.05, 4.69) is 5.32 Å². The molecule has 0 saturated carbocycles. The van der Waals surface area contributed by atoms with Crippen molar-refractivity contribution in [3.05, 3.63) is 59.1 Å². The maximum Gasteiger partial charge on any atom is 0.416 e. The van der Waals surface area contributed by atoms with Crippen molar-refractivity contribution >= 4 is 29.3 Å². The van der Waals surface area contributed by atoms with Crippen molar-refractivity contribution in [1.82, 2.24) is 4.90 Å². The third-order valence-corrected chi connectivity index (χ3v) is 4.72. The Morgan fingerprint density at radius 3 is 2.65 bits per heavy atom. The number of aliphatic hydroxyl groups excluding tert-OH is 1. The van der Waals surface area contributed by atoms with Crippen LogP contribution in [0, 0.1) is 6.92 Å². The van der Waals surface area contributed by atoms with E-state index in [9.17, 15) is 14.7 Å². The Labute approximate surface area is 156 Å². The summed E-state index contributed by atoms with van der Waals surface area (Å²) in [5.41, 5.74) is 1.30. The molecule has 0 aliphatic carbocycles. The number of benzene rings is 2. The zero-order valence-electron chi connectivity index (χ0n) is 14.2. The van der Waals surface area contributed by atoms with Crippen molar-refractivity contribution in [3.63, 3.8) is 0 Å². The van der Waals surface area contributed by atoms with Crippen LogP contribution in [0.2, 0.25) is 5.02 Å². The summed E-state index contributed by atoms with van der Waals surface area (Å²) in [5, 5.41) is 13.1. The SMILES string of the molecule is Cc1cccc(NC(=O)[C@H]2C[C@@H](O)CN2C(=O)Oc2ccccc2)c1Cl. The highest BCUT2D eigenvalue weighted by Gasteiger charge is 2.40. The molecule has 7 heteroatoms. The lowest BCUT2D eigenvalue weighted by molar-refractivity contribution is -0.119. The number of β-amino-alcohol motifs (C(OH)–C–C–N with tert-alkyl or cyclic N) is 1. The molecule has 1 aliphatic heterocycles. The van der Waals surface area contributed by atoms with Crippen LogP contribution in [-0.4, -0.2) is 40.7 Å². The molecular formula is C19H19ClN2O4. The van der Waals surface area contributed by atoms with Crippen molar-refractivity contribution < 1.29 is 19.4 Å². The molecule has 2 aromatic carbocycles. The van der Waals surface area contributed by atoms with Crippen LogP contribution in [0.1, 0.15) is 12.0 Å². The maximum atomic E-state index is 12.7. The van der Waals surface area contributed by atoms with Gasteiger partial charge < -0.3 is 15.2 Å². The minimum absolute atomic E-state index is 0.0330. The minimum atomic E-state index is -0.835. The Kier molecular flexibility index (Phi) is 5.44. The van der Waals surface area contributed by atoms with Crippen LogP contribution in [0.15, 0.2) is 48.5 Å². The van der Waals surface area contributed by atoms with Gasteiger partial charge in [-0.1, -0.05) is 41.9 Å². The highest BCUT2D eigenvalue weighted by molar-refractivity contribution is 6.34. The molecule has 2 atom stereocenters. The van der Waals surface area contributed by atoms with Crippen molar-refractivity contribution in [2.75, 3.05) is 11.9 Å². The fraction of sp³-hybridized carbons (Fsp3) is 0.263. The number of nitrogens with one attached hydrogen (secondary N) is 1. The van der Waals surface area contributed by atoms with Crippen LogP contribution < -0.4 is 10.1 Å². The summed E-state index contributed by atoms with van der Waals surface area (Å²) in [5.74, 6) is -0.0427. The molecule has 1 saturated heterocycles. The Bertz CT molecular complexity index is 812. The van der Waals surface area contributed by atoms with E-state index in [0.29, 0.717) is 16.5 Å². The van der Waals surface area contributed by atoms with Crippen LogP contribution >= 0.6 is 11.6 Å². The number of carbonyl (C=O) groups is 2. The second-order valence-electron chi connectivity index (χ2n) is 6.16. The molecule has 1 fully saturated rings. The molecule has 26 heavy (non-hydrogen) atoms. The molecule has 0 spiro atoms. The summed E-state index contributed by atoms with van der Waals surface area (Å²) in [7, 11) is 0. The number of hydrogen-bond donors (Lipinski definition) is 2. The summed E-state index contributed by atoms with van der Waals surface area (Å²) in [6.07, 6.45) is -1.33. The van der Waals surface area contributed by atoms with Gasteiger partial charge in [-0.2, -0.15) is 0 Å². The Morgan fingerprint density at radius 2 is 1.92 bits per heavy atom. The number of carbonyl (C=O) groups excluding carboxylic acids is 2. The Balaban J connectivity index is 1.73. The van der Waals surface area contributed by atoms with E-state index in [1.54, 1.807) is 42.5 Å². The number of ether oxygens (including phenoxy) is 1. The van der Waals surface area contributed by atoms with Crippen molar-refractivity contribution in [2.24, 2.45) is 0 Å². The molecule has 0 radical (unpaired) electrons. The predicted molar refractivity (Wildman–Crippen MR) is 98.4 cm³/mol. The van der Waals surface area contributed by atoms with E-state index in [4.69, 9.17) is 16.3 Å². The van der Waals surface area contributed by atoms with Gasteiger partial charge in [-0.3, -0.25) is 9.69 Å². The number of rotatable bonds is 3. The first-order valence-electron chi connectivity index (χ1n) is 8.23. The third kappa shape index (κ3) is 3.98. The standard InChI is InChI=1S/C19H19ClN2O4/c1-12-6-5-9-15(17(12)20)21-18(24)16-10-13(23)11-22(16)19(25)26-14-7-3-2-4-8-14/h2-9,13,16,23H,10-11H2,1H3,(H,21,24)/t13-,16-/m1/s1. The third-order valence-electron chi connectivity index (χ3n) is 4.21. The van der Waals surface area contributed by atoms with Crippen LogP contribution in [-0.2, 0) is 4.79 Å². The summed E-state index contributed by atoms with van der Waals surface area (Å²) in [4.78, 5) is 26.3. The van der Waals surface area contributed by atoms with Gasteiger partial charge in [0.2, 0.25) is 5.91 Å². The molecule has 6 nitrogen and oxygen atoms in total. The first-order valence-corrected chi connectivity index (χ1v) is 8.61. The number of anilines is 1. The lowest BCUT2D eigenvalue weighted by Gasteiger charge is -2.23. The lowest BCUT2D eigenvalue weighted by atomic mass is 10.1. The van der Waals surface area contributed by atoms with Gasteiger partial charge in [0.25, 0.3) is 0 Å². The zero-order chi connectivity index (χ0) is 18.7. The predicted octanol–water partition coefficient (Wildman–Crippen LogP) is 3.22. The quantitative estimate of drug-likeness (QED) is 0.864. The molecular weight excluding hydrogens is 356 g/mol. The van der Waals surface area contributed by atoms with Gasteiger partial charge in [0, 0.05) is 6.42 Å². The zero-order valence-corrected chi connectivity index (χ0v) is 14.9. The molecule has 2 aromatic rings. The van der Waals surface area contributed by atoms with E-state index in [1.807, 2.05) is 13.0 Å². The van der Waals surface area contributed by atoms with Crippen LogP contribution in [0.25, 0.3) is 0 Å². The number of aryl methyl sites for hydroxylation is 1. The smallest absolute Gasteiger partial charge is 0.410 e. The minimum Gasteiger partial charge on any atom is -0.410 e. The van der Waals surface area contributed by atoms with Gasteiger partial charge in [-0.25, -0.2) is 4.79 Å². The summed E-state index contributed by atoms with van der Waals surface area (Å²) in [6, 6.07) is 13.0. The fourth-order valence-corrected chi connectivity index (χ4v) is 3.05. The van der Waals surface area contributed by atoms with Gasteiger partial charge in [-0.15, -0.1) is 0 Å². The number of amides is 2. The molecule has 3 rings (SSSR count). The number of aliphatic hydroxyl groups is 1. The van der Waals surface area contributed by atoms with E-state index in [0.717, 1.165) is 5.56 Å². The number of halogens is 1.